The molecule has 1 saturated heterocycles. The topological polar surface area (TPSA) is 66.0 Å². The van der Waals surface area contributed by atoms with Gasteiger partial charge in [-0.3, -0.25) is 0 Å². The molecule has 204 valence electrons. The van der Waals surface area contributed by atoms with Gasteiger partial charge < -0.3 is 24.3 Å². The van der Waals surface area contributed by atoms with Gasteiger partial charge in [-0.25, -0.2) is 4.79 Å². The van der Waals surface area contributed by atoms with E-state index in [1.54, 1.807) is 0 Å². The summed E-state index contributed by atoms with van der Waals surface area (Å²) in [6.45, 7) is 12.2. The van der Waals surface area contributed by atoms with Crippen LogP contribution >= 0.6 is 0 Å². The third kappa shape index (κ3) is 7.38. The Balaban J connectivity index is 1.49. The molecular weight excluding hydrogens is 466 g/mol. The molecule has 4 rings (SSSR count). The molecule has 1 amide bonds. The van der Waals surface area contributed by atoms with Crippen molar-refractivity contribution in [1.82, 2.24) is 5.32 Å². The first-order valence-corrected chi connectivity index (χ1v) is 14.0. The van der Waals surface area contributed by atoms with E-state index in [2.05, 4.69) is 42.6 Å². The van der Waals surface area contributed by atoms with Crippen molar-refractivity contribution in [3.05, 3.63) is 42.0 Å². The number of ether oxygens (including phenoxy) is 4. The largest absolute Gasteiger partial charge is 0.490 e. The van der Waals surface area contributed by atoms with Crippen LogP contribution < -0.4 is 10.1 Å². The van der Waals surface area contributed by atoms with Crippen LogP contribution in [0.3, 0.4) is 0 Å². The minimum atomic E-state index is -0.850. The maximum Gasteiger partial charge on any atom is 0.408 e. The highest BCUT2D eigenvalue weighted by Crippen LogP contribution is 2.35. The summed E-state index contributed by atoms with van der Waals surface area (Å²) in [4.78, 5) is 12.8. The number of unbranched alkanes of at least 4 members (excludes halogenated alkanes) is 1. The van der Waals surface area contributed by atoms with Crippen LogP contribution in [0.2, 0.25) is 0 Å². The van der Waals surface area contributed by atoms with Crippen LogP contribution in [0.1, 0.15) is 92.1 Å². The number of alkyl carbamates (subject to hydrolysis) is 1. The van der Waals surface area contributed by atoms with Gasteiger partial charge in [-0.05, 0) is 101 Å². The zero-order valence-corrected chi connectivity index (χ0v) is 23.5. The molecule has 0 spiro atoms. The van der Waals surface area contributed by atoms with Gasteiger partial charge in [0.1, 0.15) is 16.9 Å². The predicted octanol–water partition coefficient (Wildman–Crippen LogP) is 7.47. The molecule has 2 fully saturated rings. The molecule has 1 aliphatic carbocycles. The van der Waals surface area contributed by atoms with Crippen molar-refractivity contribution in [1.29, 1.82) is 0 Å². The predicted molar refractivity (Wildman–Crippen MR) is 147 cm³/mol. The molecule has 2 aromatic carbocycles. The minimum Gasteiger partial charge on any atom is -0.490 e. The summed E-state index contributed by atoms with van der Waals surface area (Å²) < 4.78 is 24.0. The Kier molecular flexibility index (Phi) is 8.39. The summed E-state index contributed by atoms with van der Waals surface area (Å²) in [6.07, 6.45) is 8.62. The number of hydrogen-bond donors (Lipinski definition) is 1. The average Bonchev–Trinajstić information content (AvgIpc) is 2.83. The number of carbonyl (C=O) groups is 1. The molecule has 0 radical (unpaired) electrons. The molecule has 2 aliphatic rings. The van der Waals surface area contributed by atoms with Gasteiger partial charge >= 0.3 is 6.09 Å². The van der Waals surface area contributed by atoms with E-state index >= 15 is 0 Å². The minimum absolute atomic E-state index is 0.285. The van der Waals surface area contributed by atoms with Crippen molar-refractivity contribution < 1.29 is 23.7 Å². The second kappa shape index (κ2) is 11.2. The number of carbonyl (C=O) groups excluding carboxylic acids is 1. The molecule has 0 aromatic heterocycles. The normalized spacial score (nSPS) is 23.4. The van der Waals surface area contributed by atoms with E-state index in [0.29, 0.717) is 6.10 Å². The Bertz CT molecular complexity index is 1050. The van der Waals surface area contributed by atoms with E-state index in [1.165, 1.54) is 32.1 Å². The fourth-order valence-corrected chi connectivity index (χ4v) is 5.31. The van der Waals surface area contributed by atoms with Gasteiger partial charge in [0.2, 0.25) is 0 Å². The molecule has 37 heavy (non-hydrogen) atoms. The molecule has 6 heteroatoms. The van der Waals surface area contributed by atoms with Gasteiger partial charge in [-0.2, -0.15) is 0 Å². The highest BCUT2D eigenvalue weighted by atomic mass is 16.7. The molecule has 6 nitrogen and oxygen atoms in total. The van der Waals surface area contributed by atoms with Crippen molar-refractivity contribution >= 4 is 16.9 Å². The van der Waals surface area contributed by atoms with E-state index in [0.717, 1.165) is 40.8 Å². The summed E-state index contributed by atoms with van der Waals surface area (Å²) >= 11 is 0. The third-order valence-corrected chi connectivity index (χ3v) is 7.50. The summed E-state index contributed by atoms with van der Waals surface area (Å²) in [5, 5.41) is 5.23. The van der Waals surface area contributed by atoms with Crippen LogP contribution in [0.25, 0.3) is 10.8 Å². The van der Waals surface area contributed by atoms with Crippen LogP contribution in [-0.4, -0.2) is 36.8 Å². The molecule has 1 N–H and O–H groups in total. The van der Waals surface area contributed by atoms with Gasteiger partial charge in [0.05, 0.1) is 19.3 Å². The number of benzene rings is 2. The molecule has 2 aromatic rings. The SMILES string of the molecule is CCCC[C@H]1CC[C@@H](Oc2ccc3cc(C4(NC(=O)OC(C)(C)C)COC(C)(C)OC4)ccc3c2)CC1. The van der Waals surface area contributed by atoms with Crippen molar-refractivity contribution in [2.75, 3.05) is 13.2 Å². The first-order valence-electron chi connectivity index (χ1n) is 14.0. The van der Waals surface area contributed by atoms with Gasteiger partial charge in [-0.15, -0.1) is 0 Å². The second-order valence-electron chi connectivity index (χ2n) is 12.3. The monoisotopic (exact) mass is 511 g/mol. The number of hydrogen-bond acceptors (Lipinski definition) is 5. The average molecular weight is 512 g/mol. The van der Waals surface area contributed by atoms with Gasteiger partial charge in [0, 0.05) is 0 Å². The Morgan fingerprint density at radius 2 is 1.65 bits per heavy atom. The summed E-state index contributed by atoms with van der Waals surface area (Å²) in [5.41, 5.74) is -0.534. The first kappa shape index (κ1) is 27.7. The first-order chi connectivity index (χ1) is 17.5. The summed E-state index contributed by atoms with van der Waals surface area (Å²) in [7, 11) is 0. The fraction of sp³-hybridized carbons (Fsp3) is 0.645. The number of rotatable bonds is 7. The van der Waals surface area contributed by atoms with Crippen LogP contribution in [0.15, 0.2) is 36.4 Å². The maximum atomic E-state index is 12.8. The Morgan fingerprint density at radius 1 is 1.00 bits per heavy atom. The van der Waals surface area contributed by atoms with E-state index < -0.39 is 23.0 Å². The van der Waals surface area contributed by atoms with Crippen molar-refractivity contribution in [3.63, 3.8) is 0 Å². The zero-order chi connectivity index (χ0) is 26.7. The lowest BCUT2D eigenvalue weighted by atomic mass is 9.84. The van der Waals surface area contributed by atoms with E-state index in [9.17, 15) is 4.79 Å². The molecule has 0 bridgehead atoms. The molecule has 1 heterocycles. The standard InChI is InChI=1S/C31H45NO5/c1-7-8-9-22-10-15-26(16-11-22)36-27-17-13-23-18-25(14-12-24(23)19-27)31(20-34-30(5,6)35-21-31)32-28(33)37-29(2,3)4/h12-14,17-19,22,26H,7-11,15-16,20-21H2,1-6H3,(H,32,33)/t22-,26+. The Hall–Kier alpha value is -2.31. The fourth-order valence-electron chi connectivity index (χ4n) is 5.31. The lowest BCUT2D eigenvalue weighted by Gasteiger charge is -2.44. The Labute approximate surface area is 222 Å². The van der Waals surface area contributed by atoms with E-state index in [-0.39, 0.29) is 13.2 Å². The second-order valence-corrected chi connectivity index (χ2v) is 12.3. The van der Waals surface area contributed by atoms with E-state index in [4.69, 9.17) is 18.9 Å². The van der Waals surface area contributed by atoms with Crippen LogP contribution in [0.5, 0.6) is 5.75 Å². The highest BCUT2D eigenvalue weighted by molar-refractivity contribution is 5.85. The highest BCUT2D eigenvalue weighted by Gasteiger charge is 2.43. The molecule has 1 aliphatic heterocycles. The summed E-state index contributed by atoms with van der Waals surface area (Å²) in [5.74, 6) is 1.08. The quantitative estimate of drug-likeness (QED) is 0.418. The van der Waals surface area contributed by atoms with Crippen LogP contribution in [-0.2, 0) is 19.7 Å². The van der Waals surface area contributed by atoms with Gasteiger partial charge in [-0.1, -0.05) is 44.4 Å². The van der Waals surface area contributed by atoms with Crippen molar-refractivity contribution in [2.24, 2.45) is 5.92 Å². The third-order valence-electron chi connectivity index (χ3n) is 7.50. The molecule has 0 unspecified atom stereocenters. The lowest BCUT2D eigenvalue weighted by Crippen LogP contribution is -2.59. The lowest BCUT2D eigenvalue weighted by molar-refractivity contribution is -0.272. The summed E-state index contributed by atoms with van der Waals surface area (Å²) in [6, 6.07) is 12.5. The van der Waals surface area contributed by atoms with Gasteiger partial charge in [0.25, 0.3) is 0 Å². The van der Waals surface area contributed by atoms with E-state index in [1.807, 2.05) is 40.7 Å². The smallest absolute Gasteiger partial charge is 0.408 e. The molecule has 0 atom stereocenters. The maximum absolute atomic E-state index is 12.8. The van der Waals surface area contributed by atoms with Crippen LogP contribution in [0.4, 0.5) is 4.79 Å². The van der Waals surface area contributed by atoms with Crippen molar-refractivity contribution in [2.45, 2.75) is 110 Å². The number of amides is 1. The molecule has 1 saturated carbocycles. The zero-order valence-electron chi connectivity index (χ0n) is 23.5. The number of nitrogens with one attached hydrogen (secondary N) is 1. The van der Waals surface area contributed by atoms with Crippen LogP contribution in [0, 0.1) is 5.92 Å². The number of fused-ring (bicyclic) bond motifs is 1. The van der Waals surface area contributed by atoms with Crippen molar-refractivity contribution in [3.8, 4) is 5.75 Å². The molecular formula is C31H45NO5. The van der Waals surface area contributed by atoms with Gasteiger partial charge in [0.15, 0.2) is 5.79 Å². The Morgan fingerprint density at radius 3 is 2.30 bits per heavy atom.